The third kappa shape index (κ3) is 2.95. The summed E-state index contributed by atoms with van der Waals surface area (Å²) in [6.07, 6.45) is 0.770. The highest BCUT2D eigenvalue weighted by Crippen LogP contribution is 2.27. The number of benzene rings is 1. The third-order valence-electron chi connectivity index (χ3n) is 2.62. The number of nitro groups is 1. The van der Waals surface area contributed by atoms with Crippen molar-refractivity contribution in [3.8, 4) is 0 Å². The van der Waals surface area contributed by atoms with Crippen LogP contribution in [-0.2, 0) is 0 Å². The minimum Gasteiger partial charge on any atom is -0.350 e. The zero-order chi connectivity index (χ0) is 13.7. The number of carbonyl (C=O) groups excluding carboxylic acids is 1. The summed E-state index contributed by atoms with van der Waals surface area (Å²) in [6.45, 7) is 3.78. The van der Waals surface area contributed by atoms with Gasteiger partial charge in [0, 0.05) is 12.1 Å². The second kappa shape index (κ2) is 5.97. The fraction of sp³-hybridized carbons (Fsp3) is 0.364. The minimum atomic E-state index is -0.588. The highest BCUT2D eigenvalue weighted by molar-refractivity contribution is 6.01. The monoisotopic (exact) mass is 252 g/mol. The smallest absolute Gasteiger partial charge is 0.294 e. The first-order valence-corrected chi connectivity index (χ1v) is 5.56. The fourth-order valence-corrected chi connectivity index (χ4v) is 1.44. The van der Waals surface area contributed by atoms with Gasteiger partial charge >= 0.3 is 0 Å². The molecule has 0 heterocycles. The molecule has 18 heavy (non-hydrogen) atoms. The number of hydrogen-bond donors (Lipinski definition) is 3. The number of anilines is 1. The quantitative estimate of drug-likeness (QED) is 0.417. The van der Waals surface area contributed by atoms with Gasteiger partial charge in [-0.05, 0) is 19.4 Å². The van der Waals surface area contributed by atoms with Crippen molar-refractivity contribution in [1.82, 2.24) is 5.32 Å². The summed E-state index contributed by atoms with van der Waals surface area (Å²) >= 11 is 0. The van der Waals surface area contributed by atoms with E-state index in [-0.39, 0.29) is 28.9 Å². The maximum absolute atomic E-state index is 11.9. The Morgan fingerprint density at radius 2 is 2.22 bits per heavy atom. The number of nitro benzene ring substituents is 1. The van der Waals surface area contributed by atoms with E-state index in [1.807, 2.05) is 13.8 Å². The van der Waals surface area contributed by atoms with Gasteiger partial charge in [0.2, 0.25) is 0 Å². The Morgan fingerprint density at radius 3 is 2.72 bits per heavy atom. The molecule has 0 aliphatic heterocycles. The number of nitrogens with two attached hydrogens (primary N) is 1. The Morgan fingerprint density at radius 1 is 1.56 bits per heavy atom. The first kappa shape index (κ1) is 13.9. The number of nitrogens with zero attached hydrogens (tertiary/aromatic N) is 1. The van der Waals surface area contributed by atoms with Crippen molar-refractivity contribution < 1.29 is 9.72 Å². The molecule has 0 aliphatic carbocycles. The van der Waals surface area contributed by atoms with Crippen LogP contribution in [0.25, 0.3) is 0 Å². The van der Waals surface area contributed by atoms with Crippen LogP contribution in [0.4, 0.5) is 11.4 Å². The largest absolute Gasteiger partial charge is 0.350 e. The molecule has 1 aromatic carbocycles. The summed E-state index contributed by atoms with van der Waals surface area (Å²) in [5.41, 5.74) is 2.16. The number of hydrogen-bond acceptors (Lipinski definition) is 5. The van der Waals surface area contributed by atoms with Gasteiger partial charge in [-0.2, -0.15) is 0 Å². The molecular formula is C11H16N4O3. The molecule has 0 spiro atoms. The van der Waals surface area contributed by atoms with Gasteiger partial charge < -0.3 is 10.7 Å². The first-order chi connectivity index (χ1) is 8.51. The molecule has 98 valence electrons. The van der Waals surface area contributed by atoms with E-state index in [9.17, 15) is 14.9 Å². The Balaban J connectivity index is 3.12. The molecule has 0 saturated heterocycles. The Kier molecular flexibility index (Phi) is 4.61. The molecule has 1 amide bonds. The second-order valence-electron chi connectivity index (χ2n) is 3.88. The highest BCUT2D eigenvalue weighted by Gasteiger charge is 2.21. The van der Waals surface area contributed by atoms with Crippen molar-refractivity contribution in [3.05, 3.63) is 33.9 Å². The van der Waals surface area contributed by atoms with E-state index in [1.165, 1.54) is 18.2 Å². The van der Waals surface area contributed by atoms with Gasteiger partial charge in [0.1, 0.15) is 5.69 Å². The number of carbonyl (C=O) groups is 1. The maximum Gasteiger partial charge on any atom is 0.294 e. The van der Waals surface area contributed by atoms with Crippen molar-refractivity contribution in [3.63, 3.8) is 0 Å². The third-order valence-corrected chi connectivity index (χ3v) is 2.62. The molecule has 0 radical (unpaired) electrons. The number of nitrogens with one attached hydrogen (secondary N) is 2. The molecule has 4 N–H and O–H groups in total. The van der Waals surface area contributed by atoms with Gasteiger partial charge in [0.15, 0.2) is 0 Å². The van der Waals surface area contributed by atoms with Gasteiger partial charge in [0.25, 0.3) is 11.6 Å². The van der Waals surface area contributed by atoms with Crippen LogP contribution in [-0.4, -0.2) is 16.9 Å². The van der Waals surface area contributed by atoms with Gasteiger partial charge in [-0.25, -0.2) is 0 Å². The summed E-state index contributed by atoms with van der Waals surface area (Å²) in [5.74, 6) is 4.87. The summed E-state index contributed by atoms with van der Waals surface area (Å²) in [5, 5.41) is 13.5. The van der Waals surface area contributed by atoms with Crippen molar-refractivity contribution >= 4 is 17.3 Å². The van der Waals surface area contributed by atoms with Crippen LogP contribution in [0.5, 0.6) is 0 Å². The van der Waals surface area contributed by atoms with Crippen LogP contribution in [0, 0.1) is 10.1 Å². The lowest BCUT2D eigenvalue weighted by atomic mass is 10.1. The predicted octanol–water partition coefficient (Wildman–Crippen LogP) is 1.41. The van der Waals surface area contributed by atoms with Crippen molar-refractivity contribution in [2.75, 3.05) is 5.43 Å². The summed E-state index contributed by atoms with van der Waals surface area (Å²) in [7, 11) is 0. The van der Waals surface area contributed by atoms with Crippen LogP contribution in [0.3, 0.4) is 0 Å². The number of hydrazine groups is 1. The molecular weight excluding hydrogens is 236 g/mol. The minimum absolute atomic E-state index is 0.0117. The van der Waals surface area contributed by atoms with Crippen LogP contribution < -0.4 is 16.6 Å². The SMILES string of the molecule is CCC(C)NC(=O)c1cccc([N+](=O)[O-])c1NN. The normalized spacial score (nSPS) is 11.7. The zero-order valence-electron chi connectivity index (χ0n) is 10.3. The van der Waals surface area contributed by atoms with Crippen LogP contribution in [0.15, 0.2) is 18.2 Å². The van der Waals surface area contributed by atoms with E-state index in [2.05, 4.69) is 10.7 Å². The second-order valence-corrected chi connectivity index (χ2v) is 3.88. The molecule has 1 unspecified atom stereocenters. The molecule has 1 atom stereocenters. The summed E-state index contributed by atoms with van der Waals surface area (Å²) < 4.78 is 0. The highest BCUT2D eigenvalue weighted by atomic mass is 16.6. The lowest BCUT2D eigenvalue weighted by molar-refractivity contribution is -0.384. The average molecular weight is 252 g/mol. The maximum atomic E-state index is 11.9. The molecule has 1 rings (SSSR count). The van der Waals surface area contributed by atoms with E-state index in [4.69, 9.17) is 5.84 Å². The topological polar surface area (TPSA) is 110 Å². The van der Waals surface area contributed by atoms with E-state index in [0.29, 0.717) is 0 Å². The van der Waals surface area contributed by atoms with Crippen LogP contribution in [0.2, 0.25) is 0 Å². The first-order valence-electron chi connectivity index (χ1n) is 5.56. The number of nitrogen functional groups attached to an aromatic ring is 1. The van der Waals surface area contributed by atoms with E-state index < -0.39 is 4.92 Å². The van der Waals surface area contributed by atoms with E-state index in [0.717, 1.165) is 6.42 Å². The Labute approximate surface area is 104 Å². The van der Waals surface area contributed by atoms with Gasteiger partial charge in [-0.1, -0.05) is 13.0 Å². The van der Waals surface area contributed by atoms with Crippen molar-refractivity contribution in [1.29, 1.82) is 0 Å². The summed E-state index contributed by atoms with van der Waals surface area (Å²) in [6, 6.07) is 4.21. The predicted molar refractivity (Wildman–Crippen MR) is 68.1 cm³/mol. The van der Waals surface area contributed by atoms with Crippen LogP contribution >= 0.6 is 0 Å². The lowest BCUT2D eigenvalue weighted by Gasteiger charge is -2.13. The van der Waals surface area contributed by atoms with Crippen LogP contribution in [0.1, 0.15) is 30.6 Å². The molecule has 1 aromatic rings. The number of rotatable bonds is 5. The lowest BCUT2D eigenvalue weighted by Crippen LogP contribution is -2.32. The molecule has 0 fully saturated rings. The molecule has 7 heteroatoms. The number of amides is 1. The van der Waals surface area contributed by atoms with Gasteiger partial charge in [-0.3, -0.25) is 20.8 Å². The van der Waals surface area contributed by atoms with E-state index >= 15 is 0 Å². The van der Waals surface area contributed by atoms with E-state index in [1.54, 1.807) is 0 Å². The van der Waals surface area contributed by atoms with Gasteiger partial charge in [0.05, 0.1) is 10.5 Å². The number of para-hydroxylation sites is 1. The average Bonchev–Trinajstić information content (AvgIpc) is 2.37. The molecule has 0 aromatic heterocycles. The summed E-state index contributed by atoms with van der Waals surface area (Å²) in [4.78, 5) is 22.2. The fourth-order valence-electron chi connectivity index (χ4n) is 1.44. The van der Waals surface area contributed by atoms with Crippen molar-refractivity contribution in [2.24, 2.45) is 5.84 Å². The van der Waals surface area contributed by atoms with Crippen molar-refractivity contribution in [2.45, 2.75) is 26.3 Å². The molecule has 0 bridgehead atoms. The molecule has 7 nitrogen and oxygen atoms in total. The van der Waals surface area contributed by atoms with Gasteiger partial charge in [-0.15, -0.1) is 0 Å². The standard InChI is InChI=1S/C11H16N4O3/c1-3-7(2)13-11(16)8-5-4-6-9(15(17)18)10(8)14-12/h4-7,14H,3,12H2,1-2H3,(H,13,16). The zero-order valence-corrected chi connectivity index (χ0v) is 10.3. The molecule has 0 saturated carbocycles. The molecule has 0 aliphatic rings. The Bertz CT molecular complexity index is 462. The Hall–Kier alpha value is -2.15.